The minimum atomic E-state index is -4.52. The molecule has 17 heteroatoms. The van der Waals surface area contributed by atoms with Crippen molar-refractivity contribution in [2.75, 3.05) is 25.6 Å². The van der Waals surface area contributed by atoms with Crippen LogP contribution in [0, 0.1) is 0 Å². The average Bonchev–Trinajstić information content (AvgIpc) is 3.47. The van der Waals surface area contributed by atoms with Gasteiger partial charge in [-0.1, -0.05) is 18.2 Å². The van der Waals surface area contributed by atoms with E-state index in [0.717, 1.165) is 13.3 Å². The number of imidazole rings is 1. The van der Waals surface area contributed by atoms with Gasteiger partial charge in [0, 0.05) is 0 Å². The number of nitrogens with two attached hydrogens (primary N) is 1. The number of esters is 2. The van der Waals surface area contributed by atoms with Crippen molar-refractivity contribution in [2.24, 2.45) is 0 Å². The quantitative estimate of drug-likeness (QED) is 0.187. The van der Waals surface area contributed by atoms with E-state index in [9.17, 15) is 19.3 Å². The normalized spacial score (nSPS) is 24.2. The molecule has 3 aromatic rings. The lowest BCUT2D eigenvalue weighted by Crippen LogP contribution is -2.42. The standard InChI is InChI=1S/C25H32FN6O9P/c1-4-37-19(33)11-16(24(35)38-5-2)31-42(36,41-15-9-7-6-8-10-15)39-13-18-20(34)25(3,26)21(40-18)17-12-28-23-22(27)29-14-30-32(17)23/h6-10,12,14,16,18,20-21,34H,4-5,11,13H2,1-3H3,(H,31,36)(H2,27,29,30)/t16-,18+,20+,21-,25+,42?/m0/s1. The number of halogens is 1. The number of aromatic nitrogens is 4. The molecule has 0 amide bonds. The van der Waals surface area contributed by atoms with Crippen LogP contribution in [0.25, 0.3) is 5.65 Å². The highest BCUT2D eigenvalue weighted by atomic mass is 31.2. The van der Waals surface area contributed by atoms with E-state index in [2.05, 4.69) is 20.2 Å². The van der Waals surface area contributed by atoms with Crippen molar-refractivity contribution in [2.45, 2.75) is 57.2 Å². The van der Waals surface area contributed by atoms with Gasteiger partial charge in [-0.2, -0.15) is 10.2 Å². The highest BCUT2D eigenvalue weighted by Crippen LogP contribution is 2.49. The molecular weight excluding hydrogens is 578 g/mol. The van der Waals surface area contributed by atoms with Crippen molar-refractivity contribution in [3.63, 3.8) is 0 Å². The number of hydrogen-bond donors (Lipinski definition) is 3. The molecule has 1 aromatic carbocycles. The van der Waals surface area contributed by atoms with Gasteiger partial charge in [-0.05, 0) is 32.9 Å². The van der Waals surface area contributed by atoms with Crippen LogP contribution in [0.4, 0.5) is 10.2 Å². The summed E-state index contributed by atoms with van der Waals surface area (Å²) >= 11 is 0. The average molecular weight is 611 g/mol. The van der Waals surface area contributed by atoms with Gasteiger partial charge in [-0.3, -0.25) is 14.1 Å². The maximum absolute atomic E-state index is 15.9. The van der Waals surface area contributed by atoms with Crippen LogP contribution in [-0.4, -0.2) is 80.4 Å². The number of fused-ring (bicyclic) bond motifs is 1. The Morgan fingerprint density at radius 1 is 1.24 bits per heavy atom. The van der Waals surface area contributed by atoms with Gasteiger partial charge in [-0.15, -0.1) is 0 Å². The summed E-state index contributed by atoms with van der Waals surface area (Å²) in [4.78, 5) is 32.8. The van der Waals surface area contributed by atoms with Gasteiger partial charge in [0.05, 0.1) is 38.1 Å². The number of aliphatic hydroxyl groups is 1. The summed E-state index contributed by atoms with van der Waals surface area (Å²) in [5.74, 6) is -1.53. The lowest BCUT2D eigenvalue weighted by molar-refractivity contribution is -0.151. The zero-order valence-electron chi connectivity index (χ0n) is 23.1. The zero-order chi connectivity index (χ0) is 30.5. The monoisotopic (exact) mass is 610 g/mol. The van der Waals surface area contributed by atoms with Crippen LogP contribution in [-0.2, 0) is 32.9 Å². The second-order valence-electron chi connectivity index (χ2n) is 9.35. The number of alkyl halides is 1. The minimum Gasteiger partial charge on any atom is -0.466 e. The topological polar surface area (TPSA) is 199 Å². The maximum Gasteiger partial charge on any atom is 0.459 e. The van der Waals surface area contributed by atoms with E-state index in [1.54, 1.807) is 32.0 Å². The third kappa shape index (κ3) is 6.85. The summed E-state index contributed by atoms with van der Waals surface area (Å²) in [5.41, 5.74) is 3.76. The Bertz CT molecular complexity index is 1440. The second kappa shape index (κ2) is 13.1. The first-order chi connectivity index (χ1) is 20.0. The highest BCUT2D eigenvalue weighted by Gasteiger charge is 2.56. The number of hydrogen-bond acceptors (Lipinski definition) is 13. The largest absolute Gasteiger partial charge is 0.466 e. The second-order valence-corrected chi connectivity index (χ2v) is 11.0. The molecule has 0 aliphatic carbocycles. The van der Waals surface area contributed by atoms with Gasteiger partial charge < -0.3 is 29.6 Å². The fraction of sp³-hybridized carbons (Fsp3) is 0.480. The maximum atomic E-state index is 15.9. The predicted octanol–water partition coefficient (Wildman–Crippen LogP) is 1.91. The molecule has 1 aliphatic rings. The van der Waals surface area contributed by atoms with E-state index in [4.69, 9.17) is 29.0 Å². The molecule has 4 N–H and O–H groups in total. The molecule has 228 valence electrons. The molecule has 0 saturated carbocycles. The van der Waals surface area contributed by atoms with Crippen molar-refractivity contribution >= 4 is 31.2 Å². The smallest absolute Gasteiger partial charge is 0.459 e. The zero-order valence-corrected chi connectivity index (χ0v) is 24.0. The highest BCUT2D eigenvalue weighted by molar-refractivity contribution is 7.52. The molecule has 0 radical (unpaired) electrons. The number of benzene rings is 1. The Labute approximate surface area is 240 Å². The number of nitrogens with one attached hydrogen (secondary N) is 1. The Morgan fingerprint density at radius 2 is 1.95 bits per heavy atom. The van der Waals surface area contributed by atoms with Crippen molar-refractivity contribution in [3.05, 3.63) is 48.5 Å². The van der Waals surface area contributed by atoms with Crippen molar-refractivity contribution in [3.8, 4) is 5.75 Å². The van der Waals surface area contributed by atoms with E-state index in [0.29, 0.717) is 0 Å². The van der Waals surface area contributed by atoms with Crippen molar-refractivity contribution in [1.82, 2.24) is 24.7 Å². The number of carbonyl (C=O) groups excluding carboxylic acids is 2. The van der Waals surface area contributed by atoms with E-state index >= 15 is 4.39 Å². The number of nitrogens with zero attached hydrogens (tertiary/aromatic N) is 4. The Balaban J connectivity index is 1.58. The number of anilines is 1. The molecule has 2 aromatic heterocycles. The molecule has 42 heavy (non-hydrogen) atoms. The van der Waals surface area contributed by atoms with Crippen LogP contribution in [0.2, 0.25) is 0 Å². The number of nitrogen functional groups attached to an aromatic ring is 1. The van der Waals surface area contributed by atoms with E-state index < -0.39 is 62.7 Å². The number of carbonyl (C=O) groups is 2. The third-order valence-corrected chi connectivity index (χ3v) is 7.89. The summed E-state index contributed by atoms with van der Waals surface area (Å²) < 4.78 is 58.1. The van der Waals surface area contributed by atoms with Gasteiger partial charge >= 0.3 is 19.7 Å². The first-order valence-corrected chi connectivity index (χ1v) is 14.6. The van der Waals surface area contributed by atoms with Crippen molar-refractivity contribution < 1.29 is 46.9 Å². The Morgan fingerprint density at radius 3 is 2.64 bits per heavy atom. The lowest BCUT2D eigenvalue weighted by atomic mass is 9.93. The van der Waals surface area contributed by atoms with Crippen LogP contribution in [0.5, 0.6) is 5.75 Å². The Kier molecular flexibility index (Phi) is 9.74. The van der Waals surface area contributed by atoms with Crippen LogP contribution in [0.1, 0.15) is 39.0 Å². The van der Waals surface area contributed by atoms with Crippen molar-refractivity contribution in [1.29, 1.82) is 0 Å². The number of aliphatic hydroxyl groups excluding tert-OH is 1. The molecule has 0 bridgehead atoms. The molecule has 1 saturated heterocycles. The summed E-state index contributed by atoms with van der Waals surface area (Å²) in [6.07, 6.45) is -2.61. The van der Waals surface area contributed by atoms with Crippen LogP contribution < -0.4 is 15.3 Å². The third-order valence-electron chi connectivity index (χ3n) is 6.32. The van der Waals surface area contributed by atoms with Crippen LogP contribution >= 0.6 is 7.75 Å². The van der Waals surface area contributed by atoms with Crippen LogP contribution in [0.15, 0.2) is 42.9 Å². The summed E-state index contributed by atoms with van der Waals surface area (Å²) in [6.45, 7) is 3.64. The summed E-state index contributed by atoms with van der Waals surface area (Å²) in [5, 5.41) is 17.3. The van der Waals surface area contributed by atoms with E-state index in [1.807, 2.05) is 0 Å². The lowest BCUT2D eigenvalue weighted by Gasteiger charge is -2.26. The molecule has 0 spiro atoms. The SMILES string of the molecule is CCOC(=O)C[C@H](NP(=O)(OC[C@H]1O[C@@H](c2cnc3c(N)ncnn23)[C@](C)(F)[C@@H]1O)Oc1ccccc1)C(=O)OCC. The molecule has 6 atom stereocenters. The molecule has 4 rings (SSSR count). The van der Waals surface area contributed by atoms with Gasteiger partial charge in [0.2, 0.25) is 0 Å². The molecule has 1 aliphatic heterocycles. The molecule has 1 fully saturated rings. The molecule has 15 nitrogen and oxygen atoms in total. The van der Waals surface area contributed by atoms with Gasteiger partial charge in [-0.25, -0.2) is 23.4 Å². The van der Waals surface area contributed by atoms with Gasteiger partial charge in [0.15, 0.2) is 17.1 Å². The van der Waals surface area contributed by atoms with Gasteiger partial charge in [0.1, 0.15) is 36.4 Å². The molecule has 1 unspecified atom stereocenters. The first kappa shape index (κ1) is 31.3. The minimum absolute atomic E-state index is 0.0248. The van der Waals surface area contributed by atoms with Gasteiger partial charge in [0.25, 0.3) is 0 Å². The van der Waals surface area contributed by atoms with Crippen LogP contribution in [0.3, 0.4) is 0 Å². The number of rotatable bonds is 13. The number of para-hydroxylation sites is 1. The summed E-state index contributed by atoms with van der Waals surface area (Å²) in [7, 11) is -4.52. The predicted molar refractivity (Wildman–Crippen MR) is 144 cm³/mol. The fourth-order valence-corrected chi connectivity index (χ4v) is 5.81. The fourth-order valence-electron chi connectivity index (χ4n) is 4.30. The Hall–Kier alpha value is -3.69. The first-order valence-electron chi connectivity index (χ1n) is 13.0. The molecular formula is C25H32FN6O9P. The number of ether oxygens (including phenoxy) is 3. The summed E-state index contributed by atoms with van der Waals surface area (Å²) in [6, 6.07) is 6.38. The molecule has 3 heterocycles. The van der Waals surface area contributed by atoms with E-state index in [-0.39, 0.29) is 36.1 Å². The van der Waals surface area contributed by atoms with E-state index in [1.165, 1.54) is 22.8 Å².